The number of hydrogen-bond acceptors (Lipinski definition) is 4. The van der Waals surface area contributed by atoms with Gasteiger partial charge in [0.05, 0.1) is 5.69 Å². The highest BCUT2D eigenvalue weighted by Gasteiger charge is 2.34. The number of nitrogens with one attached hydrogen (secondary N) is 1. The van der Waals surface area contributed by atoms with Crippen LogP contribution < -0.4 is 10.4 Å². The number of halogens is 1. The number of fused-ring (bicyclic) bond motifs is 1. The number of hydrogen-bond donors (Lipinski definition) is 2. The van der Waals surface area contributed by atoms with Crippen LogP contribution in [0.5, 0.6) is 5.75 Å². The van der Waals surface area contributed by atoms with Gasteiger partial charge in [0, 0.05) is 12.2 Å². The van der Waals surface area contributed by atoms with Gasteiger partial charge in [-0.15, -0.1) is 0 Å². The molecule has 3 aromatic carbocycles. The molecular formula is C28H29FN2O2. The summed E-state index contributed by atoms with van der Waals surface area (Å²) in [5, 5.41) is 11.7. The molecule has 0 aliphatic carbocycles. The zero-order valence-electron chi connectivity index (χ0n) is 18.8. The average molecular weight is 445 g/mol. The molecule has 1 saturated heterocycles. The van der Waals surface area contributed by atoms with Gasteiger partial charge in [0.25, 0.3) is 0 Å². The summed E-state index contributed by atoms with van der Waals surface area (Å²) in [6, 6.07) is 23.5. The van der Waals surface area contributed by atoms with Crippen LogP contribution in [0.2, 0.25) is 0 Å². The van der Waals surface area contributed by atoms with E-state index in [9.17, 15) is 5.11 Å². The molecule has 0 radical (unpaired) electrons. The van der Waals surface area contributed by atoms with Crippen molar-refractivity contribution in [3.05, 3.63) is 95.1 Å². The zero-order chi connectivity index (χ0) is 22.8. The molecule has 33 heavy (non-hydrogen) atoms. The summed E-state index contributed by atoms with van der Waals surface area (Å²) in [7, 11) is 0. The van der Waals surface area contributed by atoms with E-state index < -0.39 is 6.30 Å². The Bertz CT molecular complexity index is 1140. The van der Waals surface area contributed by atoms with E-state index in [0.29, 0.717) is 12.2 Å². The molecule has 2 atom stereocenters. The molecule has 5 heteroatoms. The van der Waals surface area contributed by atoms with Crippen molar-refractivity contribution < 1.29 is 14.2 Å². The third kappa shape index (κ3) is 4.26. The molecule has 3 aromatic rings. The Kier molecular flexibility index (Phi) is 6.16. The maximum absolute atomic E-state index is 15.2. The zero-order valence-corrected chi connectivity index (χ0v) is 18.8. The third-order valence-corrected chi connectivity index (χ3v) is 6.48. The average Bonchev–Trinajstić information content (AvgIpc) is 3.20. The fraction of sp³-hybridized carbons (Fsp3) is 0.286. The van der Waals surface area contributed by atoms with E-state index >= 15 is 4.39 Å². The number of anilines is 1. The molecule has 0 spiro atoms. The Hall–Kier alpha value is -3.15. The standard InChI is InChI=1S/C28H29FN2O2/c1-2-23(19-8-4-3-5-9-19)27(20-11-14-22(32)15-12-20)21-13-16-25-24(18-21)28(29)30-31(25)26-10-6-7-17-33-26/h3-5,8-9,11-16,18,26,28,30,32H,2,6-7,10,17H2,1H3/b27-23+. The summed E-state index contributed by atoms with van der Waals surface area (Å²) >= 11 is 0. The Morgan fingerprint density at radius 2 is 1.76 bits per heavy atom. The summed E-state index contributed by atoms with van der Waals surface area (Å²) in [4.78, 5) is 0. The van der Waals surface area contributed by atoms with Gasteiger partial charge in [-0.2, -0.15) is 5.43 Å². The Balaban J connectivity index is 1.63. The number of hydrazine groups is 1. The number of nitrogens with zero attached hydrogens (tertiary/aromatic N) is 1. The van der Waals surface area contributed by atoms with Gasteiger partial charge in [-0.1, -0.05) is 55.5 Å². The van der Waals surface area contributed by atoms with Crippen molar-refractivity contribution in [2.24, 2.45) is 0 Å². The lowest BCUT2D eigenvalue weighted by Gasteiger charge is -2.32. The van der Waals surface area contributed by atoms with Gasteiger partial charge in [0.1, 0.15) is 12.0 Å². The number of alkyl halides is 1. The molecule has 2 N–H and O–H groups in total. The predicted octanol–water partition coefficient (Wildman–Crippen LogP) is 6.58. The predicted molar refractivity (Wildman–Crippen MR) is 130 cm³/mol. The minimum absolute atomic E-state index is 0.147. The quantitative estimate of drug-likeness (QED) is 0.345. The number of ether oxygens (including phenoxy) is 1. The number of aromatic hydroxyl groups is 1. The fourth-order valence-corrected chi connectivity index (χ4v) is 4.87. The van der Waals surface area contributed by atoms with Crippen LogP contribution in [-0.4, -0.2) is 17.9 Å². The minimum atomic E-state index is -1.28. The van der Waals surface area contributed by atoms with E-state index in [-0.39, 0.29) is 12.0 Å². The van der Waals surface area contributed by atoms with Crippen LogP contribution >= 0.6 is 0 Å². The number of allylic oxidation sites excluding steroid dienone is 1. The molecule has 170 valence electrons. The van der Waals surface area contributed by atoms with Crippen molar-refractivity contribution in [3.8, 4) is 5.75 Å². The van der Waals surface area contributed by atoms with E-state index in [1.165, 1.54) is 5.57 Å². The molecule has 2 heterocycles. The fourth-order valence-electron chi connectivity index (χ4n) is 4.87. The minimum Gasteiger partial charge on any atom is -0.508 e. The van der Waals surface area contributed by atoms with Crippen LogP contribution in [0.15, 0.2) is 72.8 Å². The number of benzene rings is 3. The molecule has 4 nitrogen and oxygen atoms in total. The molecule has 0 bridgehead atoms. The maximum atomic E-state index is 15.2. The first-order valence-electron chi connectivity index (χ1n) is 11.7. The van der Waals surface area contributed by atoms with Crippen molar-refractivity contribution in [2.45, 2.75) is 45.1 Å². The lowest BCUT2D eigenvalue weighted by Crippen LogP contribution is -2.45. The normalized spacial score (nSPS) is 21.0. The van der Waals surface area contributed by atoms with Crippen LogP contribution in [0.4, 0.5) is 10.1 Å². The Morgan fingerprint density at radius 3 is 2.45 bits per heavy atom. The molecule has 2 aliphatic heterocycles. The van der Waals surface area contributed by atoms with Crippen LogP contribution in [-0.2, 0) is 4.74 Å². The maximum Gasteiger partial charge on any atom is 0.195 e. The van der Waals surface area contributed by atoms with E-state index in [1.54, 1.807) is 12.1 Å². The highest BCUT2D eigenvalue weighted by Crippen LogP contribution is 2.41. The topological polar surface area (TPSA) is 44.7 Å². The van der Waals surface area contributed by atoms with Crippen molar-refractivity contribution in [2.75, 3.05) is 11.6 Å². The highest BCUT2D eigenvalue weighted by molar-refractivity contribution is 5.99. The second-order valence-electron chi connectivity index (χ2n) is 8.58. The summed E-state index contributed by atoms with van der Waals surface area (Å²) in [6.07, 6.45) is 2.40. The van der Waals surface area contributed by atoms with Crippen molar-refractivity contribution >= 4 is 16.8 Å². The van der Waals surface area contributed by atoms with Crippen molar-refractivity contribution in [3.63, 3.8) is 0 Å². The first kappa shape index (κ1) is 21.7. The van der Waals surface area contributed by atoms with Crippen LogP contribution in [0.25, 0.3) is 11.1 Å². The first-order valence-corrected chi connectivity index (χ1v) is 11.7. The second kappa shape index (κ2) is 9.38. The van der Waals surface area contributed by atoms with Gasteiger partial charge in [0.15, 0.2) is 6.30 Å². The number of rotatable bonds is 5. The summed E-state index contributed by atoms with van der Waals surface area (Å²) in [5.74, 6) is 0.223. The lowest BCUT2D eigenvalue weighted by molar-refractivity contribution is 0.00520. The number of phenolic OH excluding ortho intramolecular Hbond substituents is 1. The van der Waals surface area contributed by atoms with E-state index in [4.69, 9.17) is 4.74 Å². The Morgan fingerprint density at radius 1 is 1.00 bits per heavy atom. The molecular weight excluding hydrogens is 415 g/mol. The molecule has 0 amide bonds. The molecule has 2 aliphatic rings. The molecule has 0 aromatic heterocycles. The Labute approximate surface area is 194 Å². The molecule has 0 saturated carbocycles. The van der Waals surface area contributed by atoms with Gasteiger partial charge in [-0.05, 0) is 77.8 Å². The second-order valence-corrected chi connectivity index (χ2v) is 8.58. The van der Waals surface area contributed by atoms with E-state index in [1.807, 2.05) is 47.5 Å². The van der Waals surface area contributed by atoms with Gasteiger partial charge in [0.2, 0.25) is 0 Å². The van der Waals surface area contributed by atoms with Crippen LogP contribution in [0.1, 0.15) is 61.2 Å². The summed E-state index contributed by atoms with van der Waals surface area (Å²) in [6.45, 7) is 2.84. The number of phenols is 1. The molecule has 2 unspecified atom stereocenters. The van der Waals surface area contributed by atoms with Crippen LogP contribution in [0.3, 0.4) is 0 Å². The highest BCUT2D eigenvalue weighted by atomic mass is 19.1. The smallest absolute Gasteiger partial charge is 0.195 e. The van der Waals surface area contributed by atoms with Gasteiger partial charge < -0.3 is 9.84 Å². The first-order chi connectivity index (χ1) is 16.2. The van der Waals surface area contributed by atoms with Gasteiger partial charge in [-0.25, -0.2) is 4.39 Å². The largest absolute Gasteiger partial charge is 0.508 e. The lowest BCUT2D eigenvalue weighted by atomic mass is 9.87. The van der Waals surface area contributed by atoms with Gasteiger partial charge in [-0.3, -0.25) is 5.01 Å². The summed E-state index contributed by atoms with van der Waals surface area (Å²) in [5.41, 5.74) is 9.73. The van der Waals surface area contributed by atoms with Gasteiger partial charge >= 0.3 is 0 Å². The van der Waals surface area contributed by atoms with Crippen LogP contribution in [0, 0.1) is 0 Å². The summed E-state index contributed by atoms with van der Waals surface area (Å²) < 4.78 is 21.1. The SMILES string of the molecule is CC/C(=C(/c1ccc(O)cc1)c1ccc2c(c1)C(F)NN2C1CCCCO1)c1ccccc1. The van der Waals surface area contributed by atoms with E-state index in [0.717, 1.165) is 53.6 Å². The third-order valence-electron chi connectivity index (χ3n) is 6.48. The van der Waals surface area contributed by atoms with Crippen molar-refractivity contribution in [1.82, 2.24) is 5.43 Å². The molecule has 5 rings (SSSR count). The molecule has 1 fully saturated rings. The monoisotopic (exact) mass is 444 g/mol. The van der Waals surface area contributed by atoms with Crippen molar-refractivity contribution in [1.29, 1.82) is 0 Å². The van der Waals surface area contributed by atoms with E-state index in [2.05, 4.69) is 30.5 Å².